The number of benzene rings is 1. The Bertz CT molecular complexity index is 563. The minimum absolute atomic E-state index is 0.505. The van der Waals surface area contributed by atoms with Crippen molar-refractivity contribution < 1.29 is 19.2 Å². The number of carbonyl (C=O) groups excluding carboxylic acids is 1. The van der Waals surface area contributed by atoms with Crippen LogP contribution >= 0.6 is 0 Å². The van der Waals surface area contributed by atoms with E-state index in [-0.39, 0.29) is 0 Å². The van der Waals surface area contributed by atoms with Crippen LogP contribution in [0.2, 0.25) is 0 Å². The number of nitrogens with one attached hydrogen (secondary N) is 1. The van der Waals surface area contributed by atoms with E-state index in [0.29, 0.717) is 16.9 Å². The van der Waals surface area contributed by atoms with Crippen molar-refractivity contribution in [2.75, 3.05) is 5.32 Å². The molecule has 0 atom stereocenters. The molecule has 1 aromatic carbocycles. The van der Waals surface area contributed by atoms with E-state index in [1.54, 1.807) is 45.9 Å². The number of allylic oxidation sites excluding steroid dienone is 1. The Labute approximate surface area is 118 Å². The maximum absolute atomic E-state index is 11.7. The van der Waals surface area contributed by atoms with E-state index in [0.717, 1.165) is 5.56 Å². The first kappa shape index (κ1) is 14.5. The Balaban J connectivity index is 2.14. The van der Waals surface area contributed by atoms with Gasteiger partial charge in [0.2, 0.25) is 0 Å². The summed E-state index contributed by atoms with van der Waals surface area (Å²) >= 11 is 0. The summed E-state index contributed by atoms with van der Waals surface area (Å²) in [5.41, 5.74) is 1.59. The van der Waals surface area contributed by atoms with Gasteiger partial charge >= 0.3 is 13.2 Å². The zero-order chi connectivity index (χ0) is 14.9. The van der Waals surface area contributed by atoms with Crippen LogP contribution in [0.15, 0.2) is 23.7 Å². The summed E-state index contributed by atoms with van der Waals surface area (Å²) in [6, 6.07) is 5.17. The van der Waals surface area contributed by atoms with Crippen molar-refractivity contribution in [2.24, 2.45) is 0 Å². The number of rotatable bonds is 1. The fraction of sp³-hybridized carbons (Fsp3) is 0.357. The van der Waals surface area contributed by atoms with Gasteiger partial charge < -0.3 is 14.4 Å². The summed E-state index contributed by atoms with van der Waals surface area (Å²) in [6.45, 7) is 7.20. The van der Waals surface area contributed by atoms with Gasteiger partial charge in [0, 0.05) is 11.3 Å². The van der Waals surface area contributed by atoms with E-state index in [9.17, 15) is 9.82 Å². The van der Waals surface area contributed by atoms with Crippen molar-refractivity contribution >= 4 is 25.0 Å². The normalized spacial score (nSPS) is 14.1. The van der Waals surface area contributed by atoms with E-state index in [1.807, 2.05) is 6.08 Å². The third-order valence-corrected chi connectivity index (χ3v) is 2.67. The van der Waals surface area contributed by atoms with E-state index in [1.165, 1.54) is 0 Å². The average molecular weight is 275 g/mol. The molecule has 0 saturated heterocycles. The molecule has 0 spiro atoms. The molecule has 2 N–H and O–H groups in total. The Kier molecular flexibility index (Phi) is 3.77. The van der Waals surface area contributed by atoms with Crippen LogP contribution in [-0.4, -0.2) is 23.8 Å². The monoisotopic (exact) mass is 275 g/mol. The minimum Gasteiger partial charge on any atom is -0.532 e. The standard InChI is InChI=1S/C14H18BNO4/c1-9-7-10-8-11(5-6-12(10)20-15(9)18)16-13(17)19-14(2,3)4/h5-8,18H,1-4H3,(H,16,17). The molecule has 0 fully saturated rings. The summed E-state index contributed by atoms with van der Waals surface area (Å²) in [6.07, 6.45) is 1.32. The second-order valence-electron chi connectivity index (χ2n) is 5.74. The van der Waals surface area contributed by atoms with Crippen LogP contribution in [0.25, 0.3) is 6.08 Å². The largest absolute Gasteiger partial charge is 0.555 e. The van der Waals surface area contributed by atoms with E-state index in [2.05, 4.69) is 5.32 Å². The van der Waals surface area contributed by atoms with Gasteiger partial charge in [0.25, 0.3) is 0 Å². The predicted molar refractivity (Wildman–Crippen MR) is 78.6 cm³/mol. The van der Waals surface area contributed by atoms with Crippen LogP contribution in [0.4, 0.5) is 10.5 Å². The van der Waals surface area contributed by atoms with Gasteiger partial charge in [-0.15, -0.1) is 0 Å². The average Bonchev–Trinajstić information content (AvgIpc) is 2.28. The van der Waals surface area contributed by atoms with Gasteiger partial charge in [-0.3, -0.25) is 5.32 Å². The molecule has 1 aliphatic heterocycles. The van der Waals surface area contributed by atoms with Crippen molar-refractivity contribution in [1.82, 2.24) is 0 Å². The highest BCUT2D eigenvalue weighted by atomic mass is 16.6. The van der Waals surface area contributed by atoms with Crippen molar-refractivity contribution in [3.63, 3.8) is 0 Å². The van der Waals surface area contributed by atoms with Crippen LogP contribution in [0, 0.1) is 0 Å². The van der Waals surface area contributed by atoms with E-state index < -0.39 is 18.8 Å². The molecule has 2 rings (SSSR count). The molecule has 0 aromatic heterocycles. The van der Waals surface area contributed by atoms with Crippen molar-refractivity contribution in [3.05, 3.63) is 29.2 Å². The van der Waals surface area contributed by atoms with Gasteiger partial charge in [-0.1, -0.05) is 6.08 Å². The lowest BCUT2D eigenvalue weighted by Crippen LogP contribution is -2.28. The number of amides is 1. The molecule has 1 heterocycles. The highest BCUT2D eigenvalue weighted by Gasteiger charge is 2.24. The maximum Gasteiger partial charge on any atom is 0.555 e. The molecular weight excluding hydrogens is 257 g/mol. The molecule has 5 nitrogen and oxygen atoms in total. The lowest BCUT2D eigenvalue weighted by atomic mass is 9.76. The van der Waals surface area contributed by atoms with Crippen molar-refractivity contribution in [3.8, 4) is 5.75 Å². The Morgan fingerprint density at radius 3 is 2.75 bits per heavy atom. The zero-order valence-corrected chi connectivity index (χ0v) is 12.1. The van der Waals surface area contributed by atoms with Gasteiger partial charge in [-0.2, -0.15) is 0 Å². The number of ether oxygens (including phenoxy) is 1. The van der Waals surface area contributed by atoms with Crippen molar-refractivity contribution in [1.29, 1.82) is 0 Å². The SMILES string of the molecule is CC1=Cc2cc(NC(=O)OC(C)(C)C)ccc2OB1O. The third kappa shape index (κ3) is 3.54. The van der Waals surface area contributed by atoms with Crippen LogP contribution in [0.3, 0.4) is 0 Å². The van der Waals surface area contributed by atoms with Crippen LogP contribution in [-0.2, 0) is 4.74 Å². The molecule has 6 heteroatoms. The van der Waals surface area contributed by atoms with E-state index >= 15 is 0 Å². The molecule has 0 bridgehead atoms. The van der Waals surface area contributed by atoms with Gasteiger partial charge in [0.05, 0.1) is 0 Å². The molecule has 0 aliphatic carbocycles. The number of hydrogen-bond acceptors (Lipinski definition) is 4. The molecule has 20 heavy (non-hydrogen) atoms. The summed E-state index contributed by atoms with van der Waals surface area (Å²) in [4.78, 5) is 11.7. The topological polar surface area (TPSA) is 67.8 Å². The first-order valence-corrected chi connectivity index (χ1v) is 6.41. The fourth-order valence-electron chi connectivity index (χ4n) is 1.80. The fourth-order valence-corrected chi connectivity index (χ4v) is 1.80. The molecule has 0 saturated carbocycles. The van der Waals surface area contributed by atoms with Gasteiger partial charge in [0.1, 0.15) is 11.4 Å². The lowest BCUT2D eigenvalue weighted by molar-refractivity contribution is 0.0636. The number of carbonyl (C=O) groups is 1. The van der Waals surface area contributed by atoms with E-state index in [4.69, 9.17) is 9.39 Å². The van der Waals surface area contributed by atoms with Crippen LogP contribution in [0.1, 0.15) is 33.3 Å². The molecule has 106 valence electrons. The number of anilines is 1. The Morgan fingerprint density at radius 1 is 1.40 bits per heavy atom. The first-order valence-electron chi connectivity index (χ1n) is 6.41. The summed E-state index contributed by atoms with van der Waals surface area (Å²) in [5.74, 6) is 0.581. The number of fused-ring (bicyclic) bond motifs is 1. The minimum atomic E-state index is -0.910. The summed E-state index contributed by atoms with van der Waals surface area (Å²) in [7, 11) is -0.910. The maximum atomic E-state index is 11.7. The van der Waals surface area contributed by atoms with Crippen LogP contribution in [0.5, 0.6) is 5.75 Å². The first-order chi connectivity index (χ1) is 9.24. The highest BCUT2D eigenvalue weighted by molar-refractivity contribution is 6.54. The molecule has 0 unspecified atom stereocenters. The zero-order valence-electron chi connectivity index (χ0n) is 12.1. The Morgan fingerprint density at radius 2 is 2.10 bits per heavy atom. The second kappa shape index (κ2) is 5.21. The smallest absolute Gasteiger partial charge is 0.532 e. The van der Waals surface area contributed by atoms with Crippen LogP contribution < -0.4 is 9.97 Å². The lowest BCUT2D eigenvalue weighted by Gasteiger charge is -2.21. The highest BCUT2D eigenvalue weighted by Crippen LogP contribution is 2.30. The molecule has 0 radical (unpaired) electrons. The van der Waals surface area contributed by atoms with Gasteiger partial charge in [-0.25, -0.2) is 4.79 Å². The second-order valence-corrected chi connectivity index (χ2v) is 5.74. The van der Waals surface area contributed by atoms with Gasteiger partial charge in [-0.05, 0) is 51.4 Å². The quantitative estimate of drug-likeness (QED) is 0.773. The van der Waals surface area contributed by atoms with Gasteiger partial charge in [0.15, 0.2) is 0 Å². The van der Waals surface area contributed by atoms with Crippen molar-refractivity contribution in [2.45, 2.75) is 33.3 Å². The molecule has 1 amide bonds. The summed E-state index contributed by atoms with van der Waals surface area (Å²) < 4.78 is 10.5. The molecule has 1 aliphatic rings. The molecule has 1 aromatic rings. The summed E-state index contributed by atoms with van der Waals surface area (Å²) in [5, 5.41) is 12.3. The predicted octanol–water partition coefficient (Wildman–Crippen LogP) is 2.85. The molecular formula is C14H18BNO4. The number of hydrogen-bond donors (Lipinski definition) is 2. The third-order valence-electron chi connectivity index (χ3n) is 2.67. The Hall–Kier alpha value is -1.95.